The molecule has 6 amide bonds. The number of para-hydroxylation sites is 6. The van der Waals surface area contributed by atoms with Gasteiger partial charge in [-0.05, 0) is 178 Å². The number of pyridine rings is 6. The Morgan fingerprint density at radius 1 is 0.206 bits per heavy atom. The Morgan fingerprint density at radius 2 is 0.333 bits per heavy atom. The topological polar surface area (TPSA) is 307 Å². The van der Waals surface area contributed by atoms with Crippen LogP contribution in [0.4, 0.5) is 0 Å². The highest BCUT2D eigenvalue weighted by Gasteiger charge is 2.26. The molecule has 12 aromatic rings. The van der Waals surface area contributed by atoms with Gasteiger partial charge in [0.1, 0.15) is 99.6 Å². The number of hydrogen-bond acceptors (Lipinski definition) is 18. The quantitative estimate of drug-likeness (QED) is 0.0157. The minimum atomic E-state index is -0.392. The van der Waals surface area contributed by atoms with Crippen LogP contribution in [-0.2, 0) is 38.5 Å². The summed E-state index contributed by atoms with van der Waals surface area (Å²) < 4.78 is 42.5. The van der Waals surface area contributed by atoms with Crippen molar-refractivity contribution in [2.45, 2.75) is 77.0 Å². The molecule has 0 radical (unpaired) electrons. The predicted molar refractivity (Wildman–Crippen MR) is 486 cm³/mol. The van der Waals surface area contributed by atoms with Gasteiger partial charge in [-0.25, -0.2) is 29.9 Å². The Balaban J connectivity index is 0.919. The molecular formula is C96H90Cl6N12O12. The number of ether oxygens (including phenoxy) is 6. The monoisotopic (exact) mass is 1810 g/mol. The van der Waals surface area contributed by atoms with Crippen molar-refractivity contribution in [1.29, 1.82) is 0 Å². The van der Waals surface area contributed by atoms with Crippen molar-refractivity contribution in [3.8, 4) is 34.5 Å². The molecular weight excluding hydrogens is 1730 g/mol. The average molecular weight is 1820 g/mol. The Bertz CT molecular complexity index is 4820. The van der Waals surface area contributed by atoms with E-state index in [1.54, 1.807) is 109 Å². The van der Waals surface area contributed by atoms with E-state index in [1.165, 1.54) is 0 Å². The van der Waals surface area contributed by atoms with Crippen LogP contribution in [0.5, 0.6) is 34.5 Å². The number of benzene rings is 6. The maximum absolute atomic E-state index is 13.4. The van der Waals surface area contributed by atoms with Crippen LogP contribution in [0.25, 0.3) is 0 Å². The average Bonchev–Trinajstić information content (AvgIpc) is 0.791. The fraction of sp³-hybridized carbons (Fsp3) is 0.250. The van der Waals surface area contributed by atoms with Gasteiger partial charge in [0.15, 0.2) is 0 Å². The zero-order valence-corrected chi connectivity index (χ0v) is 73.1. The van der Waals surface area contributed by atoms with Crippen LogP contribution >= 0.6 is 69.6 Å². The number of carbonyl (C=O) groups excluding carboxylic acids is 6. The minimum Gasteiger partial charge on any atom is -0.493 e. The number of halogens is 6. The highest BCUT2D eigenvalue weighted by molar-refractivity contribution is 6.31. The van der Waals surface area contributed by atoms with E-state index in [0.717, 1.165) is 66.8 Å². The third-order valence-corrected chi connectivity index (χ3v) is 21.4. The van der Waals surface area contributed by atoms with Gasteiger partial charge < -0.3 is 60.3 Å². The molecule has 0 saturated carbocycles. The van der Waals surface area contributed by atoms with E-state index in [2.05, 4.69) is 61.8 Å². The summed E-state index contributed by atoms with van der Waals surface area (Å²) >= 11 is 37.3. The fourth-order valence-corrected chi connectivity index (χ4v) is 15.3. The highest BCUT2D eigenvalue weighted by Crippen LogP contribution is 2.41. The second-order valence-corrected chi connectivity index (χ2v) is 31.6. The molecule has 0 atom stereocenters. The number of rotatable bonds is 36. The van der Waals surface area contributed by atoms with E-state index in [4.69, 9.17) is 98.0 Å². The van der Waals surface area contributed by atoms with Gasteiger partial charge >= 0.3 is 0 Å². The first-order valence-electron chi connectivity index (χ1n) is 41.3. The Morgan fingerprint density at radius 3 is 0.460 bits per heavy atom. The van der Waals surface area contributed by atoms with Crippen molar-refractivity contribution in [2.75, 3.05) is 78.9 Å². The van der Waals surface area contributed by atoms with Gasteiger partial charge in [0.2, 0.25) is 0 Å². The van der Waals surface area contributed by atoms with Crippen LogP contribution in [0.3, 0.4) is 0 Å². The van der Waals surface area contributed by atoms with Gasteiger partial charge in [0, 0.05) is 77.8 Å². The van der Waals surface area contributed by atoms with Gasteiger partial charge in [-0.3, -0.25) is 28.8 Å². The molecule has 24 nitrogen and oxygen atoms in total. The lowest BCUT2D eigenvalue weighted by Crippen LogP contribution is -2.26. The zero-order valence-electron chi connectivity index (χ0n) is 68.6. The molecule has 126 heavy (non-hydrogen) atoms. The van der Waals surface area contributed by atoms with Crippen molar-refractivity contribution in [2.24, 2.45) is 0 Å². The summed E-state index contributed by atoms with van der Waals surface area (Å²) in [5.41, 5.74) is 10.8. The van der Waals surface area contributed by atoms with Crippen molar-refractivity contribution in [1.82, 2.24) is 61.8 Å². The summed E-state index contributed by atoms with van der Waals surface area (Å²) in [5.74, 6) is 1.19. The first-order chi connectivity index (χ1) is 61.4. The number of nitrogens with one attached hydrogen (secondary N) is 6. The van der Waals surface area contributed by atoms with Gasteiger partial charge in [-0.15, -0.1) is 0 Å². The first-order valence-corrected chi connectivity index (χ1v) is 43.6. The van der Waals surface area contributed by atoms with Crippen molar-refractivity contribution in [3.05, 3.63) is 350 Å². The Hall–Kier alpha value is -12.4. The lowest BCUT2D eigenvalue weighted by Gasteiger charge is -2.23. The number of aromatic nitrogens is 6. The predicted octanol–water partition coefficient (Wildman–Crippen LogP) is 17.0. The second kappa shape index (κ2) is 46.5. The summed E-state index contributed by atoms with van der Waals surface area (Å²) in [6.45, 7) is 2.44. The second-order valence-electron chi connectivity index (χ2n) is 29.3. The van der Waals surface area contributed by atoms with Crippen molar-refractivity contribution < 1.29 is 57.2 Å². The first kappa shape index (κ1) is 91.3. The molecule has 13 rings (SSSR count). The smallest absolute Gasteiger partial charge is 0.269 e. The molecule has 6 heterocycles. The molecule has 0 fully saturated rings. The van der Waals surface area contributed by atoms with Crippen LogP contribution in [0.1, 0.15) is 168 Å². The Labute approximate surface area is 759 Å². The van der Waals surface area contributed by atoms with E-state index >= 15 is 0 Å². The van der Waals surface area contributed by atoms with Crippen molar-refractivity contribution >= 4 is 105 Å². The minimum absolute atomic E-state index is 0.169. The van der Waals surface area contributed by atoms with E-state index in [0.29, 0.717) is 73.0 Å². The molecule has 0 unspecified atom stereocenters. The molecule has 30 heteroatoms. The van der Waals surface area contributed by atoms with E-state index in [1.807, 2.05) is 109 Å². The molecule has 6 aromatic carbocycles. The van der Waals surface area contributed by atoms with E-state index < -0.39 is 35.4 Å². The standard InChI is InChI=1S/C96H90Cl6N12O12/c97-79-37-7-31-73(109-79)91(115)103-43-13-49-121-85-61-19-1-20-62(85)56-64-22-3-24-66(87(64)123-51-15-45-105-93(117)75-33-9-39-81(99)111-75)58-68-26-5-28-70(89(68)125-53-17-47-107-95(119)77-35-11-41-83(101)113-77)60-72-30-6-29-71(90(72)126-54-18-48-108-96(120)78-36-12-42-84(102)114-78)59-69-27-4-25-67(88(69)124-52-16-46-106-94(118)76-34-10-40-82(100)112-76)57-65-23-2-21-63(55-61)86(65)122-50-14-44-104-92(116)74-32-8-38-80(98)110-74/h1-12,19-42H,13-18,43-60H2,(H,103,115)(H,104,116)(H,105,117)(H,106,118)(H,107,119)(H,108,120). The van der Waals surface area contributed by atoms with E-state index in [9.17, 15) is 28.8 Å². The zero-order chi connectivity index (χ0) is 87.9. The molecule has 0 aliphatic heterocycles. The fourth-order valence-electron chi connectivity index (χ4n) is 14.3. The molecule has 648 valence electrons. The van der Waals surface area contributed by atoms with Crippen LogP contribution in [0, 0.1) is 0 Å². The van der Waals surface area contributed by atoms with Gasteiger partial charge in [0.05, 0.1) is 39.6 Å². The van der Waals surface area contributed by atoms with Gasteiger partial charge in [0.25, 0.3) is 35.4 Å². The van der Waals surface area contributed by atoms with E-state index in [-0.39, 0.29) is 183 Å². The van der Waals surface area contributed by atoms with Crippen molar-refractivity contribution in [3.63, 3.8) is 0 Å². The van der Waals surface area contributed by atoms with Crippen LogP contribution in [0.2, 0.25) is 30.9 Å². The third-order valence-electron chi connectivity index (χ3n) is 20.2. The number of fused-ring (bicyclic) bond motifs is 12. The molecule has 6 aromatic heterocycles. The van der Waals surface area contributed by atoms with Gasteiger partial charge in [-0.2, -0.15) is 0 Å². The highest BCUT2D eigenvalue weighted by atomic mass is 35.5. The summed E-state index contributed by atoms with van der Waals surface area (Å²) in [7, 11) is 0. The SMILES string of the molecule is O=C(NCCCOc1c2cccc1Cc1cccc(c1OCCCNC(=O)c1cccc(Cl)n1)Cc1cccc(c1OCCCNC(=O)c1cccc(Cl)n1)Cc1cccc(c1OCCCNC(=O)c1cccc(Cl)n1)Cc1cccc(c1OCCCNC(=O)c1cccc(Cl)n1)Cc1cccc(c1OCCCNC(=O)c1cccc(Cl)n1)C2)c1cccc(Cl)n1. The van der Waals surface area contributed by atoms with Gasteiger partial charge in [-0.1, -0.05) is 215 Å². The van der Waals surface area contributed by atoms with Crippen LogP contribution in [-0.4, -0.2) is 144 Å². The molecule has 12 bridgehead atoms. The third kappa shape index (κ3) is 26.3. The lowest BCUT2D eigenvalue weighted by atomic mass is 9.91. The Kier molecular flexibility index (Phi) is 33.7. The summed E-state index contributed by atoms with van der Waals surface area (Å²) in [6, 6.07) is 65.5. The van der Waals surface area contributed by atoms with Crippen LogP contribution < -0.4 is 60.3 Å². The summed E-state index contributed by atoms with van der Waals surface area (Å²) in [6.07, 6.45) is 4.08. The molecule has 1 aliphatic carbocycles. The number of nitrogens with zero attached hydrogens (tertiary/aromatic N) is 6. The molecule has 0 spiro atoms. The number of amides is 6. The maximum Gasteiger partial charge on any atom is 0.269 e. The lowest BCUT2D eigenvalue weighted by molar-refractivity contribution is 0.0938. The number of hydrogen-bond donors (Lipinski definition) is 6. The molecule has 0 saturated heterocycles. The summed E-state index contributed by atoms with van der Waals surface area (Å²) in [5, 5.41) is 19.0. The summed E-state index contributed by atoms with van der Waals surface area (Å²) in [4.78, 5) is 106. The van der Waals surface area contributed by atoms with Crippen LogP contribution in [0.15, 0.2) is 218 Å². The number of carbonyl (C=O) groups is 6. The maximum atomic E-state index is 13.4. The normalized spacial score (nSPS) is 11.7. The molecule has 1 aliphatic rings. The largest absolute Gasteiger partial charge is 0.493 e. The molecule has 6 N–H and O–H groups in total.